The third-order valence-electron chi connectivity index (χ3n) is 8.89. The van der Waals surface area contributed by atoms with Crippen LogP contribution in [0.1, 0.15) is 59.3 Å². The Morgan fingerprint density at radius 2 is 1.95 bits per heavy atom. The molecule has 4 saturated heterocycles. The molecule has 5 heterocycles. The Labute approximate surface area is 247 Å². The summed E-state index contributed by atoms with van der Waals surface area (Å²) in [4.78, 5) is 28.7. The predicted octanol–water partition coefficient (Wildman–Crippen LogP) is 5.14. The Morgan fingerprint density at radius 1 is 1.23 bits per heavy atom. The number of anilines is 1. The van der Waals surface area contributed by atoms with Gasteiger partial charge in [-0.15, -0.1) is 0 Å². The molecule has 12 heteroatoms. The molecule has 9 nitrogen and oxygen atoms in total. The van der Waals surface area contributed by atoms with Crippen molar-refractivity contribution in [2.24, 2.45) is 0 Å². The molecule has 0 saturated carbocycles. The summed E-state index contributed by atoms with van der Waals surface area (Å²) < 4.78 is 27.6. The lowest BCUT2D eigenvalue weighted by atomic mass is 9.95. The van der Waals surface area contributed by atoms with Crippen molar-refractivity contribution in [2.45, 2.75) is 88.6 Å². The molecule has 4 aliphatic heterocycles. The number of aliphatic hydroxyl groups is 1. The molecular formula is C28H36BrClFN5O4. The first-order chi connectivity index (χ1) is 19.0. The highest BCUT2D eigenvalue weighted by Crippen LogP contribution is 2.43. The zero-order valence-corrected chi connectivity index (χ0v) is 25.5. The largest absolute Gasteiger partial charge is 0.461 e. The highest BCUT2D eigenvalue weighted by molar-refractivity contribution is 9.10. The second-order valence-corrected chi connectivity index (χ2v) is 13.8. The zero-order valence-electron chi connectivity index (χ0n) is 23.1. The quantitative estimate of drug-likeness (QED) is 0.450. The van der Waals surface area contributed by atoms with Crippen molar-refractivity contribution < 1.29 is 23.8 Å². The van der Waals surface area contributed by atoms with Crippen LogP contribution < -0.4 is 9.64 Å². The lowest BCUT2D eigenvalue weighted by Crippen LogP contribution is -2.57. The molecule has 1 amide bonds. The maximum atomic E-state index is 15.5. The van der Waals surface area contributed by atoms with Crippen LogP contribution in [0.25, 0.3) is 10.9 Å². The highest BCUT2D eigenvalue weighted by atomic mass is 79.9. The second kappa shape index (κ2) is 10.4. The molecule has 40 heavy (non-hydrogen) atoms. The Kier molecular flexibility index (Phi) is 7.33. The molecular weight excluding hydrogens is 605 g/mol. The van der Waals surface area contributed by atoms with E-state index < -0.39 is 11.4 Å². The summed E-state index contributed by atoms with van der Waals surface area (Å²) in [5.41, 5.74) is -0.600. The fraction of sp³-hybridized carbons (Fsp3) is 0.679. The maximum absolute atomic E-state index is 15.5. The van der Waals surface area contributed by atoms with E-state index in [9.17, 15) is 9.90 Å². The van der Waals surface area contributed by atoms with Gasteiger partial charge in [-0.05, 0) is 87.8 Å². The van der Waals surface area contributed by atoms with E-state index in [4.69, 9.17) is 26.1 Å². The van der Waals surface area contributed by atoms with Crippen LogP contribution in [0.2, 0.25) is 5.02 Å². The zero-order chi connectivity index (χ0) is 28.4. The first-order valence-electron chi connectivity index (χ1n) is 14.1. The number of rotatable bonds is 5. The Hall–Kier alpha value is -1.95. The summed E-state index contributed by atoms with van der Waals surface area (Å²) in [5, 5.41) is 10.6. The lowest BCUT2D eigenvalue weighted by molar-refractivity contribution is 0.0122. The van der Waals surface area contributed by atoms with Crippen LogP contribution in [0.5, 0.6) is 6.01 Å². The van der Waals surface area contributed by atoms with Crippen molar-refractivity contribution in [3.63, 3.8) is 0 Å². The number of amides is 1. The van der Waals surface area contributed by atoms with E-state index in [0.29, 0.717) is 30.9 Å². The fourth-order valence-corrected chi connectivity index (χ4v) is 7.63. The molecule has 6 rings (SSSR count). The lowest BCUT2D eigenvalue weighted by Gasteiger charge is -2.42. The predicted molar refractivity (Wildman–Crippen MR) is 154 cm³/mol. The molecule has 4 fully saturated rings. The third-order valence-corrected chi connectivity index (χ3v) is 10.2. The van der Waals surface area contributed by atoms with Gasteiger partial charge in [0.05, 0.1) is 33.7 Å². The molecule has 1 aromatic carbocycles. The number of piperazine rings is 1. The third kappa shape index (κ3) is 4.90. The molecule has 218 valence electrons. The number of halogens is 3. The number of carbonyl (C=O) groups excluding carboxylic acids is 1. The van der Waals surface area contributed by atoms with Crippen molar-refractivity contribution in [3.05, 3.63) is 21.4 Å². The van der Waals surface area contributed by atoms with Gasteiger partial charge in [-0.1, -0.05) is 11.6 Å². The molecule has 0 spiro atoms. The van der Waals surface area contributed by atoms with Crippen LogP contribution in [0.15, 0.2) is 10.5 Å². The minimum Gasteiger partial charge on any atom is -0.461 e. The van der Waals surface area contributed by atoms with Crippen LogP contribution in [0.4, 0.5) is 15.0 Å². The van der Waals surface area contributed by atoms with Gasteiger partial charge < -0.3 is 19.5 Å². The van der Waals surface area contributed by atoms with Crippen molar-refractivity contribution >= 4 is 50.3 Å². The van der Waals surface area contributed by atoms with Gasteiger partial charge in [-0.3, -0.25) is 9.80 Å². The molecule has 2 bridgehead atoms. The van der Waals surface area contributed by atoms with Crippen molar-refractivity contribution in [1.29, 1.82) is 0 Å². The molecule has 2 aromatic rings. The van der Waals surface area contributed by atoms with Gasteiger partial charge in [0.1, 0.15) is 23.5 Å². The number of nitrogens with zero attached hydrogens (tertiary/aromatic N) is 5. The van der Waals surface area contributed by atoms with Crippen LogP contribution in [-0.4, -0.2) is 93.1 Å². The van der Waals surface area contributed by atoms with E-state index in [1.807, 2.05) is 25.7 Å². The standard InChI is InChI=1S/C28H36BrClFN5O4/c1-27(2,3)40-26(38)36-16-5-6-17(36)13-34(12-16)24-19-11-20(30)21(29)22(31)23(19)32-25(33-24)39-15-28-8-4-10-35(28)18(14-37)7-9-28/h11,16-18,37H,4-10,12-15H2,1-3H3/t16-,17+,18?,28?. The Morgan fingerprint density at radius 3 is 2.62 bits per heavy atom. The second-order valence-electron chi connectivity index (χ2n) is 12.6. The SMILES string of the molecule is CC(C)(C)OC(=O)N1[C@@H]2CC[C@H]1CN(c1nc(OCC34CCCN3C(CO)CC4)nc3c(F)c(Br)c(Cl)cc13)C2. The number of aromatic nitrogens is 2. The van der Waals surface area contributed by atoms with Gasteiger partial charge in [-0.25, -0.2) is 9.18 Å². The summed E-state index contributed by atoms with van der Waals surface area (Å²) in [5.74, 6) is -0.0114. The normalized spacial score (nSPS) is 28.4. The van der Waals surface area contributed by atoms with E-state index >= 15 is 4.39 Å². The summed E-state index contributed by atoms with van der Waals surface area (Å²) >= 11 is 9.64. The topological polar surface area (TPSA) is 91.3 Å². The van der Waals surface area contributed by atoms with Crippen LogP contribution >= 0.6 is 27.5 Å². The molecule has 4 atom stereocenters. The van der Waals surface area contributed by atoms with Crippen molar-refractivity contribution in [3.8, 4) is 6.01 Å². The summed E-state index contributed by atoms with van der Waals surface area (Å²) in [6, 6.07) is 1.86. The number of hydrogen-bond donors (Lipinski definition) is 1. The summed E-state index contributed by atoms with van der Waals surface area (Å²) in [6.45, 7) is 8.12. The monoisotopic (exact) mass is 639 g/mol. The highest BCUT2D eigenvalue weighted by Gasteiger charge is 2.50. The maximum Gasteiger partial charge on any atom is 0.410 e. The number of benzene rings is 1. The van der Waals surface area contributed by atoms with Gasteiger partial charge in [-0.2, -0.15) is 9.97 Å². The van der Waals surface area contributed by atoms with Crippen molar-refractivity contribution in [2.75, 3.05) is 37.7 Å². The number of ether oxygens (including phenoxy) is 2. The summed E-state index contributed by atoms with van der Waals surface area (Å²) in [7, 11) is 0. The minimum atomic E-state index is -0.574. The average Bonchev–Trinajstić information content (AvgIpc) is 3.54. The molecule has 1 aromatic heterocycles. The molecule has 2 unspecified atom stereocenters. The van der Waals surface area contributed by atoms with Crippen LogP contribution in [0, 0.1) is 5.82 Å². The van der Waals surface area contributed by atoms with E-state index in [2.05, 4.69) is 30.7 Å². The molecule has 0 aliphatic carbocycles. The van der Waals surface area contributed by atoms with Gasteiger partial charge in [0, 0.05) is 24.5 Å². The van der Waals surface area contributed by atoms with Gasteiger partial charge in [0.2, 0.25) is 0 Å². The first-order valence-corrected chi connectivity index (χ1v) is 15.3. The van der Waals surface area contributed by atoms with Gasteiger partial charge in [0.15, 0.2) is 5.82 Å². The van der Waals surface area contributed by atoms with Crippen LogP contribution in [0.3, 0.4) is 0 Å². The van der Waals surface area contributed by atoms with Crippen LogP contribution in [-0.2, 0) is 4.74 Å². The smallest absolute Gasteiger partial charge is 0.410 e. The van der Waals surface area contributed by atoms with Crippen molar-refractivity contribution in [1.82, 2.24) is 19.8 Å². The van der Waals surface area contributed by atoms with E-state index in [0.717, 1.165) is 45.1 Å². The van der Waals surface area contributed by atoms with Gasteiger partial charge in [0.25, 0.3) is 0 Å². The number of hydrogen-bond acceptors (Lipinski definition) is 8. The number of aliphatic hydroxyl groups excluding tert-OH is 1. The molecule has 1 N–H and O–H groups in total. The first kappa shape index (κ1) is 28.2. The van der Waals surface area contributed by atoms with E-state index in [1.165, 1.54) is 0 Å². The minimum absolute atomic E-state index is 0.0430. The summed E-state index contributed by atoms with van der Waals surface area (Å²) in [6.07, 6.45) is 5.31. The fourth-order valence-electron chi connectivity index (χ4n) is 7.14. The number of fused-ring (bicyclic) bond motifs is 4. The molecule has 0 radical (unpaired) electrons. The number of carbonyl (C=O) groups is 1. The Balaban J connectivity index is 1.31. The average molecular weight is 641 g/mol. The molecule has 4 aliphatic rings. The van der Waals surface area contributed by atoms with E-state index in [1.54, 1.807) is 6.07 Å². The van der Waals surface area contributed by atoms with Gasteiger partial charge >= 0.3 is 12.1 Å². The van der Waals surface area contributed by atoms with E-state index in [-0.39, 0.29) is 57.4 Å². The Bertz CT molecular complexity index is 1310.